The Kier molecular flexibility index (Phi) is 5.58. The van der Waals surface area contributed by atoms with Gasteiger partial charge in [0, 0.05) is 43.1 Å². The van der Waals surface area contributed by atoms with Crippen LogP contribution in [0.3, 0.4) is 0 Å². The number of hydrogen-bond donors (Lipinski definition) is 3. The molecule has 0 spiro atoms. The maximum atomic E-state index is 13.5. The average Bonchev–Trinajstić information content (AvgIpc) is 3.12. The molecule has 0 radical (unpaired) electrons. The maximum absolute atomic E-state index is 13.5. The summed E-state index contributed by atoms with van der Waals surface area (Å²) < 4.78 is 13.5. The molecule has 7 nitrogen and oxygen atoms in total. The van der Waals surface area contributed by atoms with E-state index < -0.39 is 5.97 Å². The minimum Gasteiger partial charge on any atom is -0.477 e. The van der Waals surface area contributed by atoms with Gasteiger partial charge in [0.15, 0.2) is 5.13 Å². The summed E-state index contributed by atoms with van der Waals surface area (Å²) in [4.78, 5) is 34.0. The largest absolute Gasteiger partial charge is 0.477 e. The molecule has 172 valence electrons. The summed E-state index contributed by atoms with van der Waals surface area (Å²) in [5.74, 6) is -1.20. The third-order valence-electron chi connectivity index (χ3n) is 6.18. The first kappa shape index (κ1) is 22.2. The van der Waals surface area contributed by atoms with Crippen LogP contribution in [0.1, 0.15) is 37.1 Å². The first-order valence-corrected chi connectivity index (χ1v) is 11.9. The number of anilines is 1. The van der Waals surface area contributed by atoms with E-state index in [4.69, 9.17) is 23.2 Å². The van der Waals surface area contributed by atoms with Crippen molar-refractivity contribution < 1.29 is 19.1 Å². The summed E-state index contributed by atoms with van der Waals surface area (Å²) in [5.41, 5.74) is 1.99. The molecule has 33 heavy (non-hydrogen) atoms. The zero-order valence-corrected chi connectivity index (χ0v) is 19.7. The number of benzene rings is 1. The molecular weight excluding hydrogens is 490 g/mol. The first-order valence-electron chi connectivity index (χ1n) is 10.3. The average molecular weight is 509 g/mol. The van der Waals surface area contributed by atoms with Gasteiger partial charge >= 0.3 is 5.97 Å². The molecule has 2 aromatic heterocycles. The number of aromatic nitrogens is 2. The molecule has 2 aliphatic rings. The fourth-order valence-electron chi connectivity index (χ4n) is 4.45. The molecule has 3 N–H and O–H groups in total. The van der Waals surface area contributed by atoms with Crippen LogP contribution in [-0.4, -0.2) is 46.1 Å². The molecule has 5 rings (SSSR count). The second-order valence-corrected chi connectivity index (χ2v) is 10.1. The zero-order valence-electron chi connectivity index (χ0n) is 17.4. The van der Waals surface area contributed by atoms with Gasteiger partial charge in [0.05, 0.1) is 15.7 Å². The van der Waals surface area contributed by atoms with E-state index in [2.05, 4.69) is 15.3 Å². The van der Waals surface area contributed by atoms with Crippen molar-refractivity contribution in [2.24, 2.45) is 11.8 Å². The van der Waals surface area contributed by atoms with Crippen LogP contribution >= 0.6 is 34.5 Å². The Labute approximate surface area is 202 Å². The Morgan fingerprint density at radius 3 is 2.64 bits per heavy atom. The van der Waals surface area contributed by atoms with Crippen molar-refractivity contribution in [2.75, 3.05) is 18.0 Å². The summed E-state index contributed by atoms with van der Waals surface area (Å²) in [7, 11) is 0. The van der Waals surface area contributed by atoms with Crippen LogP contribution in [0.5, 0.6) is 0 Å². The number of carbonyl (C=O) groups excluding carboxylic acids is 1. The summed E-state index contributed by atoms with van der Waals surface area (Å²) in [5, 5.41) is 13.8. The molecule has 0 bridgehead atoms. The highest BCUT2D eigenvalue weighted by Gasteiger charge is 2.57. The second kappa shape index (κ2) is 8.30. The molecule has 0 unspecified atom stereocenters. The number of aromatic amines is 1. The molecule has 1 aliphatic carbocycles. The molecule has 3 heterocycles. The quantitative estimate of drug-likeness (QED) is 0.458. The van der Waals surface area contributed by atoms with E-state index in [9.17, 15) is 19.1 Å². The third-order valence-corrected chi connectivity index (χ3v) is 8.28. The lowest BCUT2D eigenvalue weighted by atomic mass is 10.1. The zero-order chi connectivity index (χ0) is 23.4. The molecule has 1 aliphatic heterocycles. The van der Waals surface area contributed by atoms with Crippen molar-refractivity contribution in [3.8, 4) is 0 Å². The van der Waals surface area contributed by atoms with Gasteiger partial charge in [-0.2, -0.15) is 0 Å². The Morgan fingerprint density at radius 1 is 1.30 bits per heavy atom. The molecule has 11 heteroatoms. The van der Waals surface area contributed by atoms with Gasteiger partial charge in [-0.15, -0.1) is 0 Å². The van der Waals surface area contributed by atoms with Crippen LogP contribution in [0.2, 0.25) is 10.0 Å². The summed E-state index contributed by atoms with van der Waals surface area (Å²) in [6.45, 7) is 3.08. The van der Waals surface area contributed by atoms with Crippen molar-refractivity contribution >= 4 is 51.5 Å². The van der Waals surface area contributed by atoms with Crippen molar-refractivity contribution in [2.45, 2.75) is 19.4 Å². The van der Waals surface area contributed by atoms with Crippen LogP contribution in [-0.2, 0) is 6.42 Å². The number of nitrogens with one attached hydrogen (secondary N) is 2. The molecular formula is C22H19Cl2FN4O3S. The van der Waals surface area contributed by atoms with E-state index in [1.165, 1.54) is 12.1 Å². The number of thiazole rings is 1. The molecule has 2 fully saturated rings. The SMILES string of the molecule is Cc1[nH]c(C(=O)N[C@H]2[C@@H]3CN(c4nc(Cc5cccc(F)c5)c(C(=O)O)s4)C[C@@H]32)c(Cl)c1Cl. The molecule has 1 saturated heterocycles. The van der Waals surface area contributed by atoms with Crippen LogP contribution in [0.15, 0.2) is 24.3 Å². The lowest BCUT2D eigenvalue weighted by Crippen LogP contribution is -2.34. The van der Waals surface area contributed by atoms with Crippen molar-refractivity contribution in [1.82, 2.24) is 15.3 Å². The van der Waals surface area contributed by atoms with Gasteiger partial charge in [0.1, 0.15) is 16.4 Å². The van der Waals surface area contributed by atoms with E-state index in [1.54, 1.807) is 19.1 Å². The lowest BCUT2D eigenvalue weighted by Gasteiger charge is -2.19. The van der Waals surface area contributed by atoms with Crippen LogP contribution in [0.25, 0.3) is 0 Å². The number of carboxylic acid groups (broad SMARTS) is 1. The Morgan fingerprint density at radius 2 is 2.03 bits per heavy atom. The van der Waals surface area contributed by atoms with Gasteiger partial charge in [-0.05, 0) is 24.6 Å². The molecule has 3 atom stereocenters. The number of piperidine rings is 1. The predicted octanol–water partition coefficient (Wildman–Crippen LogP) is 4.38. The minimum atomic E-state index is -1.04. The molecule has 1 aromatic carbocycles. The Bertz CT molecular complexity index is 1260. The number of carbonyl (C=O) groups is 2. The van der Waals surface area contributed by atoms with E-state index in [-0.39, 0.29) is 51.6 Å². The van der Waals surface area contributed by atoms with Crippen LogP contribution in [0, 0.1) is 24.6 Å². The summed E-state index contributed by atoms with van der Waals surface area (Å²) in [6.07, 6.45) is 0.244. The van der Waals surface area contributed by atoms with Gasteiger partial charge < -0.3 is 20.3 Å². The predicted molar refractivity (Wildman–Crippen MR) is 124 cm³/mol. The summed E-state index contributed by atoms with van der Waals surface area (Å²) in [6, 6.07) is 6.10. The fraction of sp³-hybridized carbons (Fsp3) is 0.318. The topological polar surface area (TPSA) is 98.3 Å². The number of nitrogens with zero attached hydrogens (tertiary/aromatic N) is 2. The van der Waals surface area contributed by atoms with Gasteiger partial charge in [-0.1, -0.05) is 46.7 Å². The number of aromatic carboxylic acids is 1. The lowest BCUT2D eigenvalue weighted by molar-refractivity contribution is 0.0700. The number of halogens is 3. The van der Waals surface area contributed by atoms with Crippen LogP contribution < -0.4 is 10.2 Å². The van der Waals surface area contributed by atoms with Crippen molar-refractivity contribution in [1.29, 1.82) is 0 Å². The molecule has 3 aromatic rings. The van der Waals surface area contributed by atoms with Crippen LogP contribution in [0.4, 0.5) is 9.52 Å². The number of H-pyrrole nitrogens is 1. The van der Waals surface area contributed by atoms with E-state index in [1.807, 2.05) is 4.90 Å². The second-order valence-electron chi connectivity index (χ2n) is 8.37. The maximum Gasteiger partial charge on any atom is 0.347 e. The van der Waals surface area contributed by atoms with Crippen molar-refractivity contribution in [3.05, 3.63) is 67.7 Å². The smallest absolute Gasteiger partial charge is 0.347 e. The number of aryl methyl sites for hydroxylation is 1. The van der Waals surface area contributed by atoms with E-state index in [0.29, 0.717) is 40.2 Å². The van der Waals surface area contributed by atoms with Gasteiger partial charge in [0.25, 0.3) is 5.91 Å². The number of fused-ring (bicyclic) bond motifs is 1. The summed E-state index contributed by atoms with van der Waals surface area (Å²) >= 11 is 13.3. The highest BCUT2D eigenvalue weighted by Crippen LogP contribution is 2.48. The highest BCUT2D eigenvalue weighted by molar-refractivity contribution is 7.17. The van der Waals surface area contributed by atoms with Crippen molar-refractivity contribution in [3.63, 3.8) is 0 Å². The number of carboxylic acids is 1. The van der Waals surface area contributed by atoms with Gasteiger partial charge in [-0.25, -0.2) is 14.2 Å². The fourth-order valence-corrected chi connectivity index (χ4v) is 5.81. The highest BCUT2D eigenvalue weighted by atomic mass is 35.5. The van der Waals surface area contributed by atoms with E-state index in [0.717, 1.165) is 11.3 Å². The Hall–Kier alpha value is -2.62. The van der Waals surface area contributed by atoms with E-state index >= 15 is 0 Å². The molecule has 1 amide bonds. The third kappa shape index (κ3) is 4.09. The Balaban J connectivity index is 1.25. The normalized spacial score (nSPS) is 21.2. The number of amides is 1. The minimum absolute atomic E-state index is 0.0258. The standard InChI is InChI=1S/C22H19Cl2FN4O3S/c1-9-15(23)16(24)18(26-9)20(30)28-17-12-7-29(8-13(12)17)22-27-14(19(33-22)21(31)32)6-10-3-2-4-11(25)5-10/h2-5,12-13,17,26H,6-8H2,1H3,(H,28,30)(H,31,32)/t12-,13+,17+. The van der Waals surface area contributed by atoms with Gasteiger partial charge in [0.2, 0.25) is 0 Å². The van der Waals surface area contributed by atoms with Gasteiger partial charge in [-0.3, -0.25) is 4.79 Å². The number of hydrogen-bond acceptors (Lipinski definition) is 5. The first-order chi connectivity index (χ1) is 15.7. The monoisotopic (exact) mass is 508 g/mol. The molecule has 1 saturated carbocycles. The number of rotatable bonds is 6.